The van der Waals surface area contributed by atoms with E-state index in [-0.39, 0.29) is 11.6 Å². The van der Waals surface area contributed by atoms with Gasteiger partial charge in [-0.1, -0.05) is 0 Å². The second-order valence-corrected chi connectivity index (χ2v) is 8.15. The van der Waals surface area contributed by atoms with E-state index >= 15 is 0 Å². The number of likely N-dealkylation sites (tertiary alicyclic amines) is 1. The second-order valence-electron chi connectivity index (χ2n) is 8.15. The molecule has 4 N–H and O–H groups in total. The van der Waals surface area contributed by atoms with Crippen LogP contribution in [0, 0.1) is 5.82 Å². The van der Waals surface area contributed by atoms with Crippen LogP contribution in [0.15, 0.2) is 60.8 Å². The maximum atomic E-state index is 13.1. The van der Waals surface area contributed by atoms with Crippen molar-refractivity contribution in [3.8, 4) is 0 Å². The first kappa shape index (κ1) is 24.7. The quantitative estimate of drug-likeness (QED) is 0.299. The van der Waals surface area contributed by atoms with Crippen molar-refractivity contribution in [2.75, 3.05) is 26.0 Å². The molecule has 8 nitrogen and oxygen atoms in total. The zero-order chi connectivity index (χ0) is 24.8. The fraction of sp³-hybridized carbons (Fsp3) is 0.240. The molecule has 0 aliphatic carbocycles. The number of carboxylic acids is 2. The summed E-state index contributed by atoms with van der Waals surface area (Å²) >= 11 is 0. The summed E-state index contributed by atoms with van der Waals surface area (Å²) in [4.78, 5) is 34.2. The van der Waals surface area contributed by atoms with Crippen LogP contribution < -0.4 is 5.84 Å². The number of hydrogen-bond acceptors (Lipinski definition) is 5. The zero-order valence-electron chi connectivity index (χ0n) is 18.6. The Bertz CT molecular complexity index is 1210. The maximum Gasteiger partial charge on any atom is 0.328 e. The van der Waals surface area contributed by atoms with Crippen LogP contribution in [0.3, 0.4) is 0 Å². The minimum Gasteiger partial charge on any atom is -0.478 e. The van der Waals surface area contributed by atoms with Gasteiger partial charge in [0.15, 0.2) is 5.78 Å². The SMILES string of the molecule is CN1CCC(c2cn(N)c3ccc(C(=O)c4ccc(F)cc4)cc23)CC1.O=C(O)/C=C/C(=O)O. The monoisotopic (exact) mass is 467 g/mol. The number of ketones is 1. The van der Waals surface area contributed by atoms with Gasteiger partial charge < -0.3 is 21.0 Å². The van der Waals surface area contributed by atoms with Crippen molar-refractivity contribution in [3.05, 3.63) is 83.3 Å². The lowest BCUT2D eigenvalue weighted by atomic mass is 9.88. The molecule has 1 aliphatic heterocycles. The highest BCUT2D eigenvalue weighted by molar-refractivity contribution is 6.10. The molecule has 34 heavy (non-hydrogen) atoms. The highest BCUT2D eigenvalue weighted by Gasteiger charge is 2.23. The molecule has 0 amide bonds. The van der Waals surface area contributed by atoms with E-state index < -0.39 is 11.9 Å². The number of carbonyl (C=O) groups is 3. The number of nitrogens with two attached hydrogens (primary N) is 1. The Kier molecular flexibility index (Phi) is 7.80. The molecule has 9 heteroatoms. The lowest BCUT2D eigenvalue weighted by Crippen LogP contribution is -2.29. The minimum atomic E-state index is -1.26. The van der Waals surface area contributed by atoms with Gasteiger partial charge in [0, 0.05) is 34.9 Å². The molecular formula is C25H26FN3O5. The number of halogens is 1. The van der Waals surface area contributed by atoms with Crippen molar-refractivity contribution < 1.29 is 29.0 Å². The van der Waals surface area contributed by atoms with Gasteiger partial charge in [0.25, 0.3) is 0 Å². The van der Waals surface area contributed by atoms with Crippen LogP contribution in [0.1, 0.15) is 40.2 Å². The van der Waals surface area contributed by atoms with Gasteiger partial charge >= 0.3 is 11.9 Å². The topological polar surface area (TPSA) is 126 Å². The maximum absolute atomic E-state index is 13.1. The fourth-order valence-corrected chi connectivity index (χ4v) is 3.98. The van der Waals surface area contributed by atoms with Crippen LogP contribution in [0.4, 0.5) is 4.39 Å². The largest absolute Gasteiger partial charge is 0.478 e. The molecule has 0 unspecified atom stereocenters. The average Bonchev–Trinajstić information content (AvgIpc) is 3.14. The fourth-order valence-electron chi connectivity index (χ4n) is 3.98. The number of fused-ring (bicyclic) bond motifs is 1. The van der Waals surface area contributed by atoms with Crippen molar-refractivity contribution in [2.45, 2.75) is 18.8 Å². The van der Waals surface area contributed by atoms with Gasteiger partial charge in [0.2, 0.25) is 0 Å². The predicted octanol–water partition coefficient (Wildman–Crippen LogP) is 3.25. The Labute approximate surface area is 195 Å². The average molecular weight is 467 g/mol. The van der Waals surface area contributed by atoms with Crippen molar-refractivity contribution in [1.82, 2.24) is 9.58 Å². The Balaban J connectivity index is 0.000000350. The second kappa shape index (κ2) is 10.8. The standard InChI is InChI=1S/C21H22FN3O.C4H4O4/c1-24-10-8-14(9-11-24)19-13-25(23)20-7-4-16(12-18(19)20)21(26)15-2-5-17(22)6-3-15;5-3(6)1-2-4(7)8/h2-7,12-14H,8-11,23H2,1H3;1-2H,(H,5,6)(H,7,8)/b;2-1+. The molecule has 0 atom stereocenters. The van der Waals surface area contributed by atoms with Crippen LogP contribution in [0.25, 0.3) is 10.9 Å². The number of aliphatic carboxylic acids is 2. The van der Waals surface area contributed by atoms with Gasteiger partial charge in [0.05, 0.1) is 5.52 Å². The van der Waals surface area contributed by atoms with Crippen molar-refractivity contribution in [1.29, 1.82) is 0 Å². The first-order chi connectivity index (χ1) is 16.2. The Morgan fingerprint density at radius 2 is 1.53 bits per heavy atom. The normalized spacial score (nSPS) is 14.6. The van der Waals surface area contributed by atoms with E-state index in [1.165, 1.54) is 29.8 Å². The van der Waals surface area contributed by atoms with Crippen LogP contribution in [-0.4, -0.2) is 57.6 Å². The molecular weight excluding hydrogens is 441 g/mol. The first-order valence-electron chi connectivity index (χ1n) is 10.7. The van der Waals surface area contributed by atoms with Crippen molar-refractivity contribution in [2.24, 2.45) is 0 Å². The van der Waals surface area contributed by atoms with Crippen LogP contribution in [0.5, 0.6) is 0 Å². The molecule has 1 aromatic heterocycles. The number of rotatable bonds is 5. The summed E-state index contributed by atoms with van der Waals surface area (Å²) in [5, 5.41) is 16.7. The Hall–Kier alpha value is -3.98. The third-order valence-electron chi connectivity index (χ3n) is 5.76. The summed E-state index contributed by atoms with van der Waals surface area (Å²) in [6.45, 7) is 2.13. The lowest BCUT2D eigenvalue weighted by molar-refractivity contribution is -0.134. The number of nitrogens with zero attached hydrogens (tertiary/aromatic N) is 2. The molecule has 1 saturated heterocycles. The smallest absolute Gasteiger partial charge is 0.328 e. The number of benzene rings is 2. The number of piperidine rings is 1. The molecule has 3 aromatic rings. The molecule has 0 spiro atoms. The zero-order valence-corrected chi connectivity index (χ0v) is 18.6. The summed E-state index contributed by atoms with van der Waals surface area (Å²) in [6.07, 6.45) is 5.29. The molecule has 178 valence electrons. The summed E-state index contributed by atoms with van der Waals surface area (Å²) in [5.74, 6) is 3.63. The van der Waals surface area contributed by atoms with Gasteiger partial charge in [-0.15, -0.1) is 0 Å². The van der Waals surface area contributed by atoms with E-state index in [0.29, 0.717) is 29.2 Å². The van der Waals surface area contributed by atoms with Crippen molar-refractivity contribution in [3.63, 3.8) is 0 Å². The number of carbonyl (C=O) groups excluding carboxylic acids is 1. The summed E-state index contributed by atoms with van der Waals surface area (Å²) in [7, 11) is 2.14. The number of hydrogen-bond donors (Lipinski definition) is 3. The Morgan fingerprint density at radius 3 is 2.09 bits per heavy atom. The number of nitrogen functional groups attached to an aromatic ring is 1. The summed E-state index contributed by atoms with van der Waals surface area (Å²) in [6, 6.07) is 11.3. The van der Waals surface area contributed by atoms with E-state index in [1.807, 2.05) is 18.3 Å². The Morgan fingerprint density at radius 1 is 0.971 bits per heavy atom. The summed E-state index contributed by atoms with van der Waals surface area (Å²) in [5.41, 5.74) is 3.22. The third kappa shape index (κ3) is 6.08. The van der Waals surface area contributed by atoms with E-state index in [9.17, 15) is 18.8 Å². The van der Waals surface area contributed by atoms with Crippen LogP contribution in [0.2, 0.25) is 0 Å². The molecule has 1 aliphatic rings. The molecule has 2 heterocycles. The van der Waals surface area contributed by atoms with Gasteiger partial charge in [0.1, 0.15) is 5.82 Å². The van der Waals surface area contributed by atoms with Gasteiger partial charge in [-0.25, -0.2) is 14.0 Å². The predicted molar refractivity (Wildman–Crippen MR) is 126 cm³/mol. The molecule has 0 radical (unpaired) electrons. The minimum absolute atomic E-state index is 0.106. The van der Waals surface area contributed by atoms with E-state index in [4.69, 9.17) is 16.1 Å². The highest BCUT2D eigenvalue weighted by Crippen LogP contribution is 2.34. The third-order valence-corrected chi connectivity index (χ3v) is 5.76. The number of aromatic nitrogens is 1. The van der Waals surface area contributed by atoms with Crippen molar-refractivity contribution >= 4 is 28.6 Å². The first-order valence-corrected chi connectivity index (χ1v) is 10.7. The molecule has 0 saturated carbocycles. The van der Waals surface area contributed by atoms with Gasteiger partial charge in [-0.05, 0) is 86.9 Å². The van der Waals surface area contributed by atoms with Crippen LogP contribution >= 0.6 is 0 Å². The molecule has 0 bridgehead atoms. The van der Waals surface area contributed by atoms with Crippen LogP contribution in [-0.2, 0) is 9.59 Å². The summed E-state index contributed by atoms with van der Waals surface area (Å²) < 4.78 is 14.8. The van der Waals surface area contributed by atoms with E-state index in [2.05, 4.69) is 11.9 Å². The number of carboxylic acid groups (broad SMARTS) is 2. The molecule has 4 rings (SSSR count). The van der Waals surface area contributed by atoms with Gasteiger partial charge in [-0.2, -0.15) is 0 Å². The van der Waals surface area contributed by atoms with Gasteiger partial charge in [-0.3, -0.25) is 9.47 Å². The molecule has 1 fully saturated rings. The van der Waals surface area contributed by atoms with E-state index in [1.54, 1.807) is 10.7 Å². The van der Waals surface area contributed by atoms with E-state index in [0.717, 1.165) is 36.8 Å². The highest BCUT2D eigenvalue weighted by atomic mass is 19.1. The molecule has 2 aromatic carbocycles. The lowest BCUT2D eigenvalue weighted by Gasteiger charge is -2.28.